The lowest BCUT2D eigenvalue weighted by molar-refractivity contribution is 0.0606. The molecule has 0 spiro atoms. The van der Waals surface area contributed by atoms with E-state index in [2.05, 4.69) is 20.7 Å². The molecule has 1 unspecified atom stereocenters. The molecule has 0 aromatic carbocycles. The zero-order valence-electron chi connectivity index (χ0n) is 11.4. The highest BCUT2D eigenvalue weighted by atomic mass is 79.9. The summed E-state index contributed by atoms with van der Waals surface area (Å²) in [5.41, 5.74) is 0. The molecule has 0 saturated carbocycles. The maximum atomic E-state index is 12.6. The highest BCUT2D eigenvalue weighted by molar-refractivity contribution is 9.11. The van der Waals surface area contributed by atoms with E-state index in [4.69, 9.17) is 5.11 Å². The smallest absolute Gasteiger partial charge is 0.348 e. The summed E-state index contributed by atoms with van der Waals surface area (Å²) < 4.78 is 31.6. The lowest BCUT2D eigenvalue weighted by Crippen LogP contribution is -2.29. The predicted molar refractivity (Wildman–Crippen MR) is 81.9 cm³/mol. The first kappa shape index (κ1) is 16.9. The normalized spacial score (nSPS) is 19.9. The van der Waals surface area contributed by atoms with Gasteiger partial charge in [-0.1, -0.05) is 0 Å². The summed E-state index contributed by atoms with van der Waals surface area (Å²) in [4.78, 5) is 11.8. The third-order valence-corrected chi connectivity index (χ3v) is 7.54. The minimum atomic E-state index is -3.63. The number of aliphatic hydroxyl groups is 1. The number of halogens is 1. The Morgan fingerprint density at radius 2 is 2.33 bits per heavy atom. The van der Waals surface area contributed by atoms with Gasteiger partial charge in [-0.05, 0) is 40.8 Å². The molecule has 0 radical (unpaired) electrons. The van der Waals surface area contributed by atoms with Crippen LogP contribution < -0.4 is 0 Å². The SMILES string of the molecule is COC(=O)c1cc(S(=O)(=O)N2CCC(CCO)C2)c(Br)s1. The van der Waals surface area contributed by atoms with Crippen LogP contribution in [0.4, 0.5) is 0 Å². The van der Waals surface area contributed by atoms with Crippen molar-refractivity contribution >= 4 is 43.3 Å². The van der Waals surface area contributed by atoms with Crippen LogP contribution in [0.5, 0.6) is 0 Å². The highest BCUT2D eigenvalue weighted by Crippen LogP contribution is 2.35. The number of nitrogens with zero attached hydrogens (tertiary/aromatic N) is 1. The van der Waals surface area contributed by atoms with Gasteiger partial charge in [0.2, 0.25) is 10.0 Å². The molecule has 1 saturated heterocycles. The van der Waals surface area contributed by atoms with Crippen LogP contribution in [0.1, 0.15) is 22.5 Å². The molecule has 9 heteroatoms. The summed E-state index contributed by atoms with van der Waals surface area (Å²) in [6.07, 6.45) is 1.34. The Morgan fingerprint density at radius 1 is 1.62 bits per heavy atom. The van der Waals surface area contributed by atoms with Gasteiger partial charge in [-0.3, -0.25) is 0 Å². The molecule has 2 rings (SSSR count). The number of sulfonamides is 1. The fourth-order valence-electron chi connectivity index (χ4n) is 2.30. The largest absolute Gasteiger partial charge is 0.465 e. The van der Waals surface area contributed by atoms with Crippen LogP contribution in [0.25, 0.3) is 0 Å². The quantitative estimate of drug-likeness (QED) is 0.764. The number of hydrogen-bond acceptors (Lipinski definition) is 6. The number of ether oxygens (including phenoxy) is 1. The Hall–Kier alpha value is -0.480. The molecule has 1 aliphatic heterocycles. The van der Waals surface area contributed by atoms with Crippen molar-refractivity contribution in [2.45, 2.75) is 17.7 Å². The minimum Gasteiger partial charge on any atom is -0.465 e. The van der Waals surface area contributed by atoms with E-state index in [0.717, 1.165) is 17.8 Å². The standard InChI is InChI=1S/C12H16BrNO5S2/c1-19-12(16)9-6-10(11(13)20-9)21(17,18)14-4-2-8(7-14)3-5-15/h6,8,15H,2-5,7H2,1H3. The van der Waals surface area contributed by atoms with Gasteiger partial charge in [0.05, 0.1) is 10.9 Å². The summed E-state index contributed by atoms with van der Waals surface area (Å²) in [5.74, 6) is -0.371. The third-order valence-electron chi connectivity index (χ3n) is 3.45. The molecule has 0 aliphatic carbocycles. The van der Waals surface area contributed by atoms with Gasteiger partial charge in [-0.2, -0.15) is 4.31 Å². The van der Waals surface area contributed by atoms with Crippen LogP contribution >= 0.6 is 27.3 Å². The second kappa shape index (κ2) is 6.74. The molecule has 2 heterocycles. The number of methoxy groups -OCH3 is 1. The molecule has 1 aromatic rings. The van der Waals surface area contributed by atoms with E-state index in [1.165, 1.54) is 17.5 Å². The van der Waals surface area contributed by atoms with Crippen molar-refractivity contribution in [3.8, 4) is 0 Å². The number of aliphatic hydroxyl groups excluding tert-OH is 1. The first-order valence-electron chi connectivity index (χ1n) is 6.38. The van der Waals surface area contributed by atoms with E-state index in [1.54, 1.807) is 0 Å². The van der Waals surface area contributed by atoms with Crippen LogP contribution in [0.2, 0.25) is 0 Å². The first-order chi connectivity index (χ1) is 9.90. The van der Waals surface area contributed by atoms with Crippen LogP contribution in [0.15, 0.2) is 14.7 Å². The second-order valence-corrected chi connectivity index (χ2v) is 9.05. The zero-order chi connectivity index (χ0) is 15.6. The van der Waals surface area contributed by atoms with E-state index in [0.29, 0.717) is 23.3 Å². The summed E-state index contributed by atoms with van der Waals surface area (Å²) in [6, 6.07) is 1.34. The van der Waals surface area contributed by atoms with Gasteiger partial charge in [0.15, 0.2) is 0 Å². The number of thiophene rings is 1. The molecule has 1 N–H and O–H groups in total. The van der Waals surface area contributed by atoms with Crippen LogP contribution in [-0.2, 0) is 14.8 Å². The van der Waals surface area contributed by atoms with Crippen LogP contribution in [-0.4, -0.2) is 50.6 Å². The van der Waals surface area contributed by atoms with Crippen LogP contribution in [0, 0.1) is 5.92 Å². The molecule has 0 bridgehead atoms. The molecule has 1 aromatic heterocycles. The molecule has 0 amide bonds. The van der Waals surface area contributed by atoms with Gasteiger partial charge in [0.25, 0.3) is 0 Å². The molecule has 1 fully saturated rings. The van der Waals surface area contributed by atoms with E-state index in [-0.39, 0.29) is 22.3 Å². The van der Waals surface area contributed by atoms with Gasteiger partial charge in [-0.15, -0.1) is 11.3 Å². The van der Waals surface area contributed by atoms with Crippen LogP contribution in [0.3, 0.4) is 0 Å². The molecule has 1 atom stereocenters. The molecule has 6 nitrogen and oxygen atoms in total. The number of hydrogen-bond donors (Lipinski definition) is 1. The topological polar surface area (TPSA) is 83.9 Å². The lowest BCUT2D eigenvalue weighted by atomic mass is 10.1. The van der Waals surface area contributed by atoms with Gasteiger partial charge in [-0.25, -0.2) is 13.2 Å². The maximum Gasteiger partial charge on any atom is 0.348 e. The Balaban J connectivity index is 2.24. The Bertz CT molecular complexity index is 628. The molecule has 21 heavy (non-hydrogen) atoms. The van der Waals surface area contributed by atoms with E-state index in [9.17, 15) is 13.2 Å². The summed E-state index contributed by atoms with van der Waals surface area (Å²) >= 11 is 4.25. The number of rotatable bonds is 5. The summed E-state index contributed by atoms with van der Waals surface area (Å²) in [5, 5.41) is 8.94. The third kappa shape index (κ3) is 3.48. The minimum absolute atomic E-state index is 0.0627. The van der Waals surface area contributed by atoms with Crippen molar-refractivity contribution in [3.63, 3.8) is 0 Å². The monoisotopic (exact) mass is 397 g/mol. The fourth-order valence-corrected chi connectivity index (χ4v) is 6.27. The Labute approximate surface area is 135 Å². The van der Waals surface area contributed by atoms with E-state index < -0.39 is 16.0 Å². The van der Waals surface area contributed by atoms with E-state index >= 15 is 0 Å². The van der Waals surface area contributed by atoms with Crippen molar-refractivity contribution in [1.29, 1.82) is 0 Å². The van der Waals surface area contributed by atoms with Crippen molar-refractivity contribution in [2.24, 2.45) is 5.92 Å². The number of carbonyl (C=O) groups excluding carboxylic acids is 1. The Morgan fingerprint density at radius 3 is 2.95 bits per heavy atom. The Kier molecular flexibility index (Phi) is 5.42. The van der Waals surface area contributed by atoms with Crippen molar-refractivity contribution in [3.05, 3.63) is 14.7 Å². The molecule has 1 aliphatic rings. The average Bonchev–Trinajstić information content (AvgIpc) is 3.05. The van der Waals surface area contributed by atoms with Crippen molar-refractivity contribution in [2.75, 3.05) is 26.8 Å². The summed E-state index contributed by atoms with van der Waals surface area (Å²) in [7, 11) is -2.38. The highest BCUT2D eigenvalue weighted by Gasteiger charge is 2.34. The molecule has 118 valence electrons. The first-order valence-corrected chi connectivity index (χ1v) is 9.43. The summed E-state index contributed by atoms with van der Waals surface area (Å²) in [6.45, 7) is 0.898. The van der Waals surface area contributed by atoms with Gasteiger partial charge < -0.3 is 9.84 Å². The lowest BCUT2D eigenvalue weighted by Gasteiger charge is -2.15. The average molecular weight is 398 g/mol. The molecular weight excluding hydrogens is 382 g/mol. The zero-order valence-corrected chi connectivity index (χ0v) is 14.6. The van der Waals surface area contributed by atoms with E-state index in [1.807, 2.05) is 0 Å². The van der Waals surface area contributed by atoms with Gasteiger partial charge in [0, 0.05) is 19.7 Å². The van der Waals surface area contributed by atoms with Crippen molar-refractivity contribution in [1.82, 2.24) is 4.31 Å². The maximum absolute atomic E-state index is 12.6. The number of esters is 1. The van der Waals surface area contributed by atoms with Gasteiger partial charge >= 0.3 is 5.97 Å². The van der Waals surface area contributed by atoms with Gasteiger partial charge in [0.1, 0.15) is 9.77 Å². The van der Waals surface area contributed by atoms with Crippen molar-refractivity contribution < 1.29 is 23.1 Å². The second-order valence-electron chi connectivity index (χ2n) is 4.77. The fraction of sp³-hybridized carbons (Fsp3) is 0.583. The molecular formula is C12H16BrNO5S2. The predicted octanol–water partition coefficient (Wildman–Crippen LogP) is 1.69. The number of carbonyl (C=O) groups is 1.